The van der Waals surface area contributed by atoms with Gasteiger partial charge in [0.1, 0.15) is 0 Å². The second-order valence-corrected chi connectivity index (χ2v) is 7.16. The van der Waals surface area contributed by atoms with Crippen LogP contribution in [0.15, 0.2) is 54.6 Å². The van der Waals surface area contributed by atoms with Crippen molar-refractivity contribution in [3.8, 4) is 0 Å². The number of imide groups is 1. The summed E-state index contributed by atoms with van der Waals surface area (Å²) in [4.78, 5) is 40.6. The van der Waals surface area contributed by atoms with Crippen LogP contribution < -0.4 is 0 Å². The monoisotopic (exact) mass is 375 g/mol. The molecule has 1 unspecified atom stereocenters. The van der Waals surface area contributed by atoms with Gasteiger partial charge in [-0.2, -0.15) is 0 Å². The van der Waals surface area contributed by atoms with Gasteiger partial charge in [-0.25, -0.2) is 4.79 Å². The minimum absolute atomic E-state index is 0.0452. The van der Waals surface area contributed by atoms with Crippen LogP contribution in [0, 0.1) is 0 Å². The van der Waals surface area contributed by atoms with E-state index >= 15 is 0 Å². The number of hydroxylamine groups is 2. The lowest BCUT2D eigenvalue weighted by Gasteiger charge is -2.18. The molecule has 1 atom stereocenters. The smallest absolute Gasteiger partial charge is 0.330 e. The number of carbonyl (C=O) groups is 3. The number of amides is 2. The van der Waals surface area contributed by atoms with Gasteiger partial charge in [-0.15, -0.1) is 5.06 Å². The van der Waals surface area contributed by atoms with Crippen molar-refractivity contribution in [3.63, 3.8) is 0 Å². The van der Waals surface area contributed by atoms with Gasteiger partial charge in [0.2, 0.25) is 0 Å². The van der Waals surface area contributed by atoms with Gasteiger partial charge < -0.3 is 4.84 Å². The first kappa shape index (κ1) is 18.2. The largest absolute Gasteiger partial charge is 0.333 e. The fourth-order valence-corrected chi connectivity index (χ4v) is 3.71. The first-order valence-corrected chi connectivity index (χ1v) is 9.54. The molecule has 4 rings (SSSR count). The summed E-state index contributed by atoms with van der Waals surface area (Å²) >= 11 is 0. The van der Waals surface area contributed by atoms with E-state index in [1.54, 1.807) is 0 Å². The van der Waals surface area contributed by atoms with Crippen molar-refractivity contribution in [2.45, 2.75) is 38.5 Å². The number of fused-ring (bicyclic) bond motifs is 2. The van der Waals surface area contributed by atoms with Crippen LogP contribution in [-0.2, 0) is 19.2 Å². The third kappa shape index (κ3) is 3.48. The van der Waals surface area contributed by atoms with E-state index < -0.39 is 17.8 Å². The Kier molecular flexibility index (Phi) is 4.82. The van der Waals surface area contributed by atoms with Crippen LogP contribution in [0.1, 0.15) is 44.1 Å². The number of nitrogens with zero attached hydrogens (tertiary/aromatic N) is 1. The van der Waals surface area contributed by atoms with E-state index in [4.69, 9.17) is 4.84 Å². The SMILES string of the molecule is CCC(CC(=O)ON1C(=O)CCC1=O)c1ccc2cc3ccccc3cc2c1. The van der Waals surface area contributed by atoms with E-state index in [-0.39, 0.29) is 25.2 Å². The summed E-state index contributed by atoms with van der Waals surface area (Å²) in [5, 5.41) is 5.24. The zero-order valence-electron chi connectivity index (χ0n) is 15.7. The standard InChI is InChI=1S/C23H21NO4/c1-2-15(14-23(27)28-24-21(25)9-10-22(24)26)18-7-8-19-11-16-5-3-4-6-17(16)12-20(19)13-18/h3-8,11-13,15H,2,9-10,14H2,1H3. The van der Waals surface area contributed by atoms with Gasteiger partial charge in [-0.05, 0) is 51.6 Å². The third-order valence-electron chi connectivity index (χ3n) is 5.31. The molecule has 0 radical (unpaired) electrons. The van der Waals surface area contributed by atoms with Gasteiger partial charge in [0.25, 0.3) is 11.8 Å². The van der Waals surface area contributed by atoms with Crippen LogP contribution in [0.25, 0.3) is 21.5 Å². The maximum atomic E-state index is 12.3. The molecule has 2 amide bonds. The summed E-state index contributed by atoms with van der Waals surface area (Å²) in [6.07, 6.45) is 1.06. The molecule has 1 aliphatic heterocycles. The number of carbonyl (C=O) groups excluding carboxylic acids is 3. The predicted molar refractivity (Wildman–Crippen MR) is 106 cm³/mol. The Morgan fingerprint density at radius 1 is 0.929 bits per heavy atom. The van der Waals surface area contributed by atoms with Gasteiger partial charge >= 0.3 is 5.97 Å². The molecule has 1 fully saturated rings. The Balaban J connectivity index is 1.56. The molecule has 0 N–H and O–H groups in total. The van der Waals surface area contributed by atoms with Crippen molar-refractivity contribution in [3.05, 3.63) is 60.2 Å². The van der Waals surface area contributed by atoms with Crippen LogP contribution in [-0.4, -0.2) is 22.8 Å². The number of hydrogen-bond acceptors (Lipinski definition) is 4. The molecule has 1 saturated heterocycles. The molecule has 0 spiro atoms. The Morgan fingerprint density at radius 3 is 2.18 bits per heavy atom. The van der Waals surface area contributed by atoms with Gasteiger partial charge in [-0.1, -0.05) is 49.4 Å². The summed E-state index contributed by atoms with van der Waals surface area (Å²) in [5.41, 5.74) is 1.04. The minimum atomic E-state index is -0.561. The zero-order valence-corrected chi connectivity index (χ0v) is 15.7. The maximum absolute atomic E-state index is 12.3. The van der Waals surface area contributed by atoms with E-state index in [9.17, 15) is 14.4 Å². The molecule has 5 nitrogen and oxygen atoms in total. The molecule has 28 heavy (non-hydrogen) atoms. The molecule has 0 aromatic heterocycles. The van der Waals surface area contributed by atoms with Crippen molar-refractivity contribution in [1.29, 1.82) is 0 Å². The Labute approximate surface area is 162 Å². The highest BCUT2D eigenvalue weighted by atomic mass is 16.7. The van der Waals surface area contributed by atoms with Gasteiger partial charge in [0.05, 0.1) is 6.42 Å². The highest BCUT2D eigenvalue weighted by Gasteiger charge is 2.33. The molecule has 1 heterocycles. The van der Waals surface area contributed by atoms with E-state index in [1.807, 2.05) is 25.1 Å². The topological polar surface area (TPSA) is 63.7 Å². The minimum Gasteiger partial charge on any atom is -0.330 e. The predicted octanol–water partition coefficient (Wildman–Crippen LogP) is 4.48. The van der Waals surface area contributed by atoms with Crippen LogP contribution in [0.4, 0.5) is 0 Å². The van der Waals surface area contributed by atoms with Gasteiger partial charge in [-0.3, -0.25) is 9.59 Å². The molecule has 142 valence electrons. The Bertz CT molecular complexity index is 1070. The molecule has 0 saturated carbocycles. The molecule has 1 aliphatic rings. The molecule has 3 aromatic carbocycles. The van der Waals surface area contributed by atoms with E-state index in [2.05, 4.69) is 36.4 Å². The second kappa shape index (κ2) is 7.43. The molecule has 0 aliphatic carbocycles. The Morgan fingerprint density at radius 2 is 1.54 bits per heavy atom. The van der Waals surface area contributed by atoms with Crippen LogP contribution in [0.5, 0.6) is 0 Å². The zero-order chi connectivity index (χ0) is 19.7. The highest BCUT2D eigenvalue weighted by Crippen LogP contribution is 2.30. The summed E-state index contributed by atoms with van der Waals surface area (Å²) in [6, 6.07) is 18.7. The lowest BCUT2D eigenvalue weighted by atomic mass is 9.91. The first-order chi connectivity index (χ1) is 13.5. The van der Waals surface area contributed by atoms with Crippen molar-refractivity contribution in [2.75, 3.05) is 0 Å². The fraction of sp³-hybridized carbons (Fsp3) is 0.261. The maximum Gasteiger partial charge on any atom is 0.333 e. The van der Waals surface area contributed by atoms with Crippen molar-refractivity contribution >= 4 is 39.3 Å². The summed E-state index contributed by atoms with van der Waals surface area (Å²) in [6.45, 7) is 2.01. The third-order valence-corrected chi connectivity index (χ3v) is 5.31. The van der Waals surface area contributed by atoms with Crippen LogP contribution >= 0.6 is 0 Å². The molecular weight excluding hydrogens is 354 g/mol. The quantitative estimate of drug-likeness (QED) is 0.487. The van der Waals surface area contributed by atoms with Crippen molar-refractivity contribution < 1.29 is 19.2 Å². The second-order valence-electron chi connectivity index (χ2n) is 7.16. The summed E-state index contributed by atoms with van der Waals surface area (Å²) in [7, 11) is 0. The van der Waals surface area contributed by atoms with Gasteiger partial charge in [0, 0.05) is 12.8 Å². The van der Waals surface area contributed by atoms with E-state index in [0.717, 1.165) is 22.8 Å². The molecular formula is C23H21NO4. The lowest BCUT2D eigenvalue weighted by Crippen LogP contribution is -2.32. The molecule has 3 aromatic rings. The highest BCUT2D eigenvalue weighted by molar-refractivity contribution is 6.01. The molecule has 5 heteroatoms. The fourth-order valence-electron chi connectivity index (χ4n) is 3.71. The Hall–Kier alpha value is -3.21. The summed E-state index contributed by atoms with van der Waals surface area (Å²) in [5.74, 6) is -1.52. The van der Waals surface area contributed by atoms with Crippen molar-refractivity contribution in [2.24, 2.45) is 0 Å². The van der Waals surface area contributed by atoms with Gasteiger partial charge in [0.15, 0.2) is 0 Å². The average Bonchev–Trinajstić information content (AvgIpc) is 3.02. The van der Waals surface area contributed by atoms with E-state index in [1.165, 1.54) is 10.8 Å². The van der Waals surface area contributed by atoms with Crippen LogP contribution in [0.2, 0.25) is 0 Å². The normalized spacial score (nSPS) is 15.4. The molecule has 0 bridgehead atoms. The number of hydrogen-bond donors (Lipinski definition) is 0. The number of benzene rings is 3. The average molecular weight is 375 g/mol. The first-order valence-electron chi connectivity index (χ1n) is 9.54. The summed E-state index contributed by atoms with van der Waals surface area (Å²) < 4.78 is 0. The van der Waals surface area contributed by atoms with Crippen LogP contribution in [0.3, 0.4) is 0 Å². The van der Waals surface area contributed by atoms with E-state index in [0.29, 0.717) is 5.06 Å². The number of rotatable bonds is 5. The lowest BCUT2D eigenvalue weighted by molar-refractivity contribution is -0.197. The van der Waals surface area contributed by atoms with Crippen molar-refractivity contribution in [1.82, 2.24) is 5.06 Å².